The fourth-order valence-electron chi connectivity index (χ4n) is 6.64. The Morgan fingerprint density at radius 2 is 1.56 bits per heavy atom. The standard InChI is InChI=1S/C38H29N5/c1-38(2)33-16-5-3-14-31(33)32-23-25(18-19-34(32)38)30-15-9-21-43-37(30)40-36(41-43)26-10-7-12-28(22-26)42-24-27(11-8-20-39)29-13-4-6-17-35(29)42/h3-24,39H,1-2H3/b11-8-,39-20?. The molecular weight excluding hydrogens is 526 g/mol. The maximum atomic E-state index is 7.41. The monoisotopic (exact) mass is 555 g/mol. The summed E-state index contributed by atoms with van der Waals surface area (Å²) in [5, 5.41) is 13.5. The summed E-state index contributed by atoms with van der Waals surface area (Å²) in [4.78, 5) is 5.08. The van der Waals surface area contributed by atoms with Crippen LogP contribution in [0.15, 0.2) is 122 Å². The zero-order valence-electron chi connectivity index (χ0n) is 24.0. The van der Waals surface area contributed by atoms with Crippen LogP contribution >= 0.6 is 0 Å². The maximum absolute atomic E-state index is 7.41. The quantitative estimate of drug-likeness (QED) is 0.216. The first-order chi connectivity index (χ1) is 21.0. The van der Waals surface area contributed by atoms with Crippen molar-refractivity contribution in [2.24, 2.45) is 0 Å². The first-order valence-corrected chi connectivity index (χ1v) is 14.5. The number of nitrogens with one attached hydrogen (secondary N) is 1. The van der Waals surface area contributed by atoms with Crippen molar-refractivity contribution in [1.29, 1.82) is 5.41 Å². The van der Waals surface area contributed by atoms with Crippen molar-refractivity contribution < 1.29 is 0 Å². The lowest BCUT2D eigenvalue weighted by molar-refractivity contribution is 0.660. The van der Waals surface area contributed by atoms with Gasteiger partial charge in [0, 0.05) is 51.8 Å². The first kappa shape index (κ1) is 25.2. The number of hydrogen-bond donors (Lipinski definition) is 1. The highest BCUT2D eigenvalue weighted by molar-refractivity contribution is 5.93. The molecule has 0 amide bonds. The fourth-order valence-corrected chi connectivity index (χ4v) is 6.64. The number of para-hydroxylation sites is 1. The predicted molar refractivity (Wildman–Crippen MR) is 176 cm³/mol. The number of fused-ring (bicyclic) bond motifs is 5. The molecule has 8 rings (SSSR count). The van der Waals surface area contributed by atoms with Crippen LogP contribution in [0.4, 0.5) is 0 Å². The predicted octanol–water partition coefficient (Wildman–Crippen LogP) is 8.98. The van der Waals surface area contributed by atoms with Crippen LogP contribution < -0.4 is 0 Å². The molecule has 1 aliphatic carbocycles. The lowest BCUT2D eigenvalue weighted by atomic mass is 9.82. The summed E-state index contributed by atoms with van der Waals surface area (Å²) in [5.74, 6) is 0.683. The summed E-state index contributed by atoms with van der Waals surface area (Å²) in [7, 11) is 0. The molecule has 5 heteroatoms. The molecule has 206 valence electrons. The SMILES string of the molecule is CC1(C)c2ccccc2-c2cc(-c3cccn4nc(-c5cccc(-n6cc(/C=C\C=N)c7ccccc76)c5)nc34)ccc21. The van der Waals surface area contributed by atoms with Crippen molar-refractivity contribution in [3.63, 3.8) is 0 Å². The second-order valence-corrected chi connectivity index (χ2v) is 11.6. The molecule has 0 radical (unpaired) electrons. The molecule has 0 aliphatic heterocycles. The van der Waals surface area contributed by atoms with E-state index in [2.05, 4.69) is 116 Å². The van der Waals surface area contributed by atoms with Gasteiger partial charge in [-0.2, -0.15) is 0 Å². The third kappa shape index (κ3) is 3.89. The van der Waals surface area contributed by atoms with Crippen LogP contribution in [0.1, 0.15) is 30.5 Å². The van der Waals surface area contributed by atoms with E-state index in [1.54, 1.807) is 6.08 Å². The van der Waals surface area contributed by atoms with Gasteiger partial charge in [-0.1, -0.05) is 86.7 Å². The van der Waals surface area contributed by atoms with E-state index < -0.39 is 0 Å². The number of benzene rings is 4. The molecule has 3 aromatic heterocycles. The highest BCUT2D eigenvalue weighted by Gasteiger charge is 2.35. The Labute approximate surface area is 249 Å². The van der Waals surface area contributed by atoms with E-state index in [0.29, 0.717) is 5.82 Å². The Morgan fingerprint density at radius 3 is 2.47 bits per heavy atom. The number of rotatable bonds is 5. The Balaban J connectivity index is 1.22. The van der Waals surface area contributed by atoms with Crippen LogP contribution in [-0.4, -0.2) is 25.4 Å². The highest BCUT2D eigenvalue weighted by atomic mass is 15.3. The number of pyridine rings is 1. The van der Waals surface area contributed by atoms with Gasteiger partial charge in [-0.15, -0.1) is 5.10 Å². The lowest BCUT2D eigenvalue weighted by Gasteiger charge is -2.21. The summed E-state index contributed by atoms with van der Waals surface area (Å²) in [6.45, 7) is 4.61. The third-order valence-corrected chi connectivity index (χ3v) is 8.75. The lowest BCUT2D eigenvalue weighted by Crippen LogP contribution is -2.14. The Kier molecular flexibility index (Phi) is 5.56. The highest BCUT2D eigenvalue weighted by Crippen LogP contribution is 2.49. The molecule has 0 spiro atoms. The average molecular weight is 556 g/mol. The van der Waals surface area contributed by atoms with Crippen LogP contribution in [0.5, 0.6) is 0 Å². The van der Waals surface area contributed by atoms with Crippen LogP contribution in [0, 0.1) is 5.41 Å². The third-order valence-electron chi connectivity index (χ3n) is 8.75. The van der Waals surface area contributed by atoms with E-state index in [9.17, 15) is 0 Å². The van der Waals surface area contributed by atoms with E-state index in [1.165, 1.54) is 28.5 Å². The molecule has 0 saturated carbocycles. The van der Waals surface area contributed by atoms with Gasteiger partial charge in [-0.05, 0) is 70.3 Å². The van der Waals surface area contributed by atoms with Crippen LogP contribution in [0.3, 0.4) is 0 Å². The topological polar surface area (TPSA) is 59.0 Å². The van der Waals surface area contributed by atoms with Gasteiger partial charge in [0.1, 0.15) is 0 Å². The van der Waals surface area contributed by atoms with Crippen molar-refractivity contribution in [2.45, 2.75) is 19.3 Å². The molecule has 0 unspecified atom stereocenters. The van der Waals surface area contributed by atoms with Crippen LogP contribution in [0.25, 0.3) is 62.0 Å². The molecule has 43 heavy (non-hydrogen) atoms. The summed E-state index contributed by atoms with van der Waals surface area (Å²) in [6, 6.07) is 36.4. The minimum atomic E-state index is -0.0221. The molecule has 3 heterocycles. The number of aromatic nitrogens is 4. The van der Waals surface area contributed by atoms with Crippen molar-refractivity contribution in [3.8, 4) is 39.3 Å². The van der Waals surface area contributed by atoms with Crippen LogP contribution in [0.2, 0.25) is 0 Å². The number of hydrogen-bond acceptors (Lipinski definition) is 3. The first-order valence-electron chi connectivity index (χ1n) is 14.5. The molecule has 0 atom stereocenters. The van der Waals surface area contributed by atoms with Gasteiger partial charge in [0.25, 0.3) is 0 Å². The minimum Gasteiger partial charge on any atom is -0.316 e. The summed E-state index contributed by atoms with van der Waals surface area (Å²) < 4.78 is 4.07. The molecule has 1 aliphatic rings. The van der Waals surface area contributed by atoms with E-state index >= 15 is 0 Å². The van der Waals surface area contributed by atoms with Gasteiger partial charge in [0.2, 0.25) is 0 Å². The number of allylic oxidation sites excluding steroid dienone is 1. The zero-order chi connectivity index (χ0) is 29.1. The minimum absolute atomic E-state index is 0.0221. The Morgan fingerprint density at radius 1 is 0.744 bits per heavy atom. The van der Waals surface area contributed by atoms with Crippen LogP contribution in [-0.2, 0) is 5.41 Å². The summed E-state index contributed by atoms with van der Waals surface area (Å²) in [5.41, 5.74) is 12.5. The zero-order valence-corrected chi connectivity index (χ0v) is 24.0. The number of nitrogens with zero attached hydrogens (tertiary/aromatic N) is 4. The Hall–Kier alpha value is -5.55. The van der Waals surface area contributed by atoms with Gasteiger partial charge < -0.3 is 9.98 Å². The van der Waals surface area contributed by atoms with Gasteiger partial charge in [-0.3, -0.25) is 0 Å². The van der Waals surface area contributed by atoms with Crippen molar-refractivity contribution in [1.82, 2.24) is 19.2 Å². The van der Waals surface area contributed by atoms with Gasteiger partial charge in [-0.25, -0.2) is 9.50 Å². The molecule has 1 N–H and O–H groups in total. The second-order valence-electron chi connectivity index (χ2n) is 11.6. The molecular formula is C38H29N5. The molecule has 5 nitrogen and oxygen atoms in total. The smallest absolute Gasteiger partial charge is 0.182 e. The van der Waals surface area contributed by atoms with Gasteiger partial charge in [0.15, 0.2) is 11.5 Å². The summed E-state index contributed by atoms with van der Waals surface area (Å²) in [6.07, 6.45) is 9.11. The van der Waals surface area contributed by atoms with Gasteiger partial charge >= 0.3 is 0 Å². The van der Waals surface area contributed by atoms with Crippen molar-refractivity contribution in [2.75, 3.05) is 0 Å². The van der Waals surface area contributed by atoms with E-state index in [0.717, 1.165) is 44.5 Å². The molecule has 0 saturated heterocycles. The van der Waals surface area contributed by atoms with E-state index in [-0.39, 0.29) is 5.41 Å². The Bertz CT molecular complexity index is 2240. The van der Waals surface area contributed by atoms with E-state index in [4.69, 9.17) is 15.5 Å². The average Bonchev–Trinajstić information content (AvgIpc) is 3.71. The fraction of sp³-hybridized carbons (Fsp3) is 0.0789. The molecule has 4 aromatic carbocycles. The normalized spacial score (nSPS) is 13.5. The van der Waals surface area contributed by atoms with Crippen molar-refractivity contribution in [3.05, 3.63) is 138 Å². The molecule has 0 bridgehead atoms. The maximum Gasteiger partial charge on any atom is 0.182 e. The molecule has 7 aromatic rings. The van der Waals surface area contributed by atoms with Gasteiger partial charge in [0.05, 0.1) is 5.52 Å². The largest absolute Gasteiger partial charge is 0.316 e. The second kappa shape index (κ2) is 9.50. The summed E-state index contributed by atoms with van der Waals surface area (Å²) >= 11 is 0. The van der Waals surface area contributed by atoms with E-state index in [1.807, 2.05) is 28.9 Å². The van der Waals surface area contributed by atoms with Crippen molar-refractivity contribution >= 4 is 28.8 Å². The molecule has 0 fully saturated rings.